The van der Waals surface area contributed by atoms with E-state index in [1.165, 1.54) is 4.90 Å². The number of likely N-dealkylation sites (tertiary alicyclic amines) is 1. The highest BCUT2D eigenvalue weighted by Gasteiger charge is 2.45. The molecule has 1 aliphatic heterocycles. The van der Waals surface area contributed by atoms with Gasteiger partial charge in [-0.05, 0) is 23.8 Å². The minimum atomic E-state index is -1.53. The molecule has 2 N–H and O–H groups in total. The van der Waals surface area contributed by atoms with Crippen molar-refractivity contribution < 1.29 is 9.90 Å². The molecule has 1 fully saturated rings. The number of aliphatic hydroxyl groups is 1. The zero-order valence-corrected chi connectivity index (χ0v) is 17.5. The van der Waals surface area contributed by atoms with Crippen LogP contribution in [0.4, 0.5) is 11.8 Å². The quantitative estimate of drug-likeness (QED) is 0.483. The number of hydrogen-bond donors (Lipinski definition) is 2. The molecule has 4 aromatic heterocycles. The first-order valence-corrected chi connectivity index (χ1v) is 10.0. The highest BCUT2D eigenvalue weighted by atomic mass is 16.3. The molecule has 5 heterocycles. The third-order valence-corrected chi connectivity index (χ3v) is 5.43. The number of anilines is 2. The first kappa shape index (κ1) is 19.8. The highest BCUT2D eigenvalue weighted by Crippen LogP contribution is 2.33. The third-order valence-electron chi connectivity index (χ3n) is 5.43. The van der Waals surface area contributed by atoms with Gasteiger partial charge < -0.3 is 15.3 Å². The summed E-state index contributed by atoms with van der Waals surface area (Å²) in [4.78, 5) is 27.0. The van der Waals surface area contributed by atoms with Gasteiger partial charge in [0.1, 0.15) is 5.69 Å². The minimum Gasteiger partial charge on any atom is -0.375 e. The van der Waals surface area contributed by atoms with Crippen LogP contribution in [-0.2, 0) is 17.4 Å². The van der Waals surface area contributed by atoms with Gasteiger partial charge in [0.25, 0.3) is 5.91 Å². The van der Waals surface area contributed by atoms with Gasteiger partial charge in [0.15, 0.2) is 17.2 Å². The maximum Gasteiger partial charge on any atom is 0.258 e. The number of amides is 1. The zero-order chi connectivity index (χ0) is 22.3. The fraction of sp³-hybridized carbons (Fsp3) is 0.238. The standard InChI is InChI=1S/C21H21N9O2/c1-28-12-7-21(32,19(28)31)14-3-8-22-16(13-14)15-5-11-30(26-15)18-4-9-23-20(25-18)24-17-6-10-29(2)27-17/h3-6,8-11,13,32H,7,12H2,1-2H3,(H,23,24,25,27)/t21-/m0/s1. The van der Waals surface area contributed by atoms with E-state index < -0.39 is 5.60 Å². The van der Waals surface area contributed by atoms with Crippen LogP contribution in [0.15, 0.2) is 55.1 Å². The Hall–Kier alpha value is -4.12. The van der Waals surface area contributed by atoms with Crippen LogP contribution in [0.1, 0.15) is 12.0 Å². The molecule has 5 rings (SSSR count). The molecule has 32 heavy (non-hydrogen) atoms. The van der Waals surface area contributed by atoms with E-state index in [0.29, 0.717) is 47.5 Å². The molecule has 0 unspecified atom stereocenters. The molecule has 1 saturated heterocycles. The van der Waals surface area contributed by atoms with Crippen LogP contribution in [0, 0.1) is 0 Å². The lowest BCUT2D eigenvalue weighted by Crippen LogP contribution is -2.36. The zero-order valence-electron chi connectivity index (χ0n) is 17.5. The van der Waals surface area contributed by atoms with Crippen molar-refractivity contribution in [2.75, 3.05) is 18.9 Å². The average Bonchev–Trinajstić information content (AvgIpc) is 3.52. The molecule has 11 heteroatoms. The number of rotatable bonds is 5. The number of hydrogen-bond acceptors (Lipinski definition) is 8. The van der Waals surface area contributed by atoms with Gasteiger partial charge in [-0.1, -0.05) is 0 Å². The van der Waals surface area contributed by atoms with Crippen LogP contribution in [-0.4, -0.2) is 64.0 Å². The van der Waals surface area contributed by atoms with Crippen molar-refractivity contribution in [3.8, 4) is 17.2 Å². The lowest BCUT2D eigenvalue weighted by molar-refractivity contribution is -0.143. The number of aromatic nitrogens is 7. The van der Waals surface area contributed by atoms with Gasteiger partial charge in [-0.15, -0.1) is 0 Å². The lowest BCUT2D eigenvalue weighted by Gasteiger charge is -2.21. The van der Waals surface area contributed by atoms with Crippen LogP contribution in [0.2, 0.25) is 0 Å². The molecule has 1 aliphatic rings. The largest absolute Gasteiger partial charge is 0.375 e. The van der Waals surface area contributed by atoms with E-state index in [1.54, 1.807) is 59.3 Å². The van der Waals surface area contributed by atoms with Crippen molar-refractivity contribution in [2.45, 2.75) is 12.0 Å². The summed E-state index contributed by atoms with van der Waals surface area (Å²) in [6.07, 6.45) is 7.13. The van der Waals surface area contributed by atoms with E-state index in [0.717, 1.165) is 0 Å². The number of nitrogens with one attached hydrogen (secondary N) is 1. The van der Waals surface area contributed by atoms with E-state index in [1.807, 2.05) is 19.3 Å². The second kappa shape index (κ2) is 7.54. The number of pyridine rings is 1. The van der Waals surface area contributed by atoms with Gasteiger partial charge >= 0.3 is 0 Å². The van der Waals surface area contributed by atoms with Crippen molar-refractivity contribution >= 4 is 17.7 Å². The van der Waals surface area contributed by atoms with E-state index in [9.17, 15) is 9.90 Å². The summed E-state index contributed by atoms with van der Waals surface area (Å²) < 4.78 is 3.29. The monoisotopic (exact) mass is 431 g/mol. The smallest absolute Gasteiger partial charge is 0.258 e. The molecule has 0 saturated carbocycles. The van der Waals surface area contributed by atoms with Crippen molar-refractivity contribution in [3.63, 3.8) is 0 Å². The van der Waals surface area contributed by atoms with E-state index in [4.69, 9.17) is 0 Å². The van der Waals surface area contributed by atoms with Crippen molar-refractivity contribution in [1.82, 2.24) is 39.4 Å². The normalized spacial score (nSPS) is 18.3. The first-order valence-electron chi connectivity index (χ1n) is 10.0. The fourth-order valence-electron chi connectivity index (χ4n) is 3.67. The van der Waals surface area contributed by atoms with E-state index in [-0.39, 0.29) is 5.91 Å². The molecule has 0 bridgehead atoms. The summed E-state index contributed by atoms with van der Waals surface area (Å²) >= 11 is 0. The van der Waals surface area contributed by atoms with Crippen LogP contribution < -0.4 is 5.32 Å². The molecule has 1 atom stereocenters. The molecule has 1 amide bonds. The van der Waals surface area contributed by atoms with Crippen LogP contribution in [0.5, 0.6) is 0 Å². The Balaban J connectivity index is 1.41. The Morgan fingerprint density at radius 3 is 2.62 bits per heavy atom. The van der Waals surface area contributed by atoms with Crippen molar-refractivity contribution in [2.24, 2.45) is 7.05 Å². The summed E-state index contributed by atoms with van der Waals surface area (Å²) in [7, 11) is 3.51. The summed E-state index contributed by atoms with van der Waals surface area (Å²) in [5.41, 5.74) is 0.119. The number of carbonyl (C=O) groups is 1. The lowest BCUT2D eigenvalue weighted by atomic mass is 9.92. The highest BCUT2D eigenvalue weighted by molar-refractivity contribution is 5.88. The molecule has 11 nitrogen and oxygen atoms in total. The van der Waals surface area contributed by atoms with Gasteiger partial charge in [-0.2, -0.15) is 15.2 Å². The summed E-state index contributed by atoms with van der Waals surface area (Å²) in [6, 6.07) is 8.73. The Morgan fingerprint density at radius 1 is 1.03 bits per heavy atom. The van der Waals surface area contributed by atoms with Gasteiger partial charge in [0, 0.05) is 64.0 Å². The van der Waals surface area contributed by atoms with Gasteiger partial charge in [0.05, 0.1) is 5.69 Å². The number of nitrogens with zero attached hydrogens (tertiary/aromatic N) is 8. The second-order valence-electron chi connectivity index (χ2n) is 7.65. The third kappa shape index (κ3) is 3.48. The van der Waals surface area contributed by atoms with Crippen molar-refractivity contribution in [1.29, 1.82) is 0 Å². The van der Waals surface area contributed by atoms with E-state index in [2.05, 4.69) is 30.5 Å². The Bertz CT molecular complexity index is 1300. The van der Waals surface area contributed by atoms with Gasteiger partial charge in [-0.25, -0.2) is 9.67 Å². The SMILES string of the molecule is CN1CC[C@](O)(c2ccnc(-c3ccn(-c4ccnc(Nc5ccn(C)n5)n4)n3)c2)C1=O. The van der Waals surface area contributed by atoms with E-state index >= 15 is 0 Å². The summed E-state index contributed by atoms with van der Waals surface area (Å²) in [6.45, 7) is 0.504. The van der Waals surface area contributed by atoms with Gasteiger partial charge in [-0.3, -0.25) is 14.5 Å². The number of likely N-dealkylation sites (N-methyl/N-ethyl adjacent to an activating group) is 1. The molecule has 0 aromatic carbocycles. The molecular formula is C21H21N9O2. The maximum atomic E-state index is 12.4. The maximum absolute atomic E-state index is 12.4. The Labute approximate surface area is 183 Å². The molecular weight excluding hydrogens is 410 g/mol. The molecule has 0 radical (unpaired) electrons. The van der Waals surface area contributed by atoms with Crippen LogP contribution in [0.3, 0.4) is 0 Å². The molecule has 4 aromatic rings. The summed E-state index contributed by atoms with van der Waals surface area (Å²) in [5, 5.41) is 22.8. The topological polar surface area (TPSA) is 127 Å². The predicted octanol–water partition coefficient (Wildman–Crippen LogP) is 1.25. The first-order chi connectivity index (χ1) is 15.4. The van der Waals surface area contributed by atoms with Crippen molar-refractivity contribution in [3.05, 3.63) is 60.7 Å². The molecule has 0 spiro atoms. The van der Waals surface area contributed by atoms with Crippen LogP contribution in [0.25, 0.3) is 17.2 Å². The fourth-order valence-corrected chi connectivity index (χ4v) is 3.67. The molecule has 162 valence electrons. The van der Waals surface area contributed by atoms with Gasteiger partial charge in [0.2, 0.25) is 5.95 Å². The summed E-state index contributed by atoms with van der Waals surface area (Å²) in [5.74, 6) is 1.28. The predicted molar refractivity (Wildman–Crippen MR) is 115 cm³/mol. The number of carbonyl (C=O) groups excluding carboxylic acids is 1. The average molecular weight is 431 g/mol. The Morgan fingerprint density at radius 2 is 1.88 bits per heavy atom. The van der Waals surface area contributed by atoms with Crippen LogP contribution >= 0.6 is 0 Å². The number of aryl methyl sites for hydroxylation is 1. The molecule has 0 aliphatic carbocycles. The minimum absolute atomic E-state index is 0.311. The second-order valence-corrected chi connectivity index (χ2v) is 7.65. The Kier molecular flexibility index (Phi) is 4.67.